The highest BCUT2D eigenvalue weighted by Gasteiger charge is 2.29. The molecule has 0 unspecified atom stereocenters. The van der Waals surface area contributed by atoms with E-state index in [1.807, 2.05) is 42.5 Å². The quantitative estimate of drug-likeness (QED) is 0.714. The van der Waals surface area contributed by atoms with Crippen molar-refractivity contribution in [1.29, 1.82) is 0 Å². The molecule has 4 rings (SSSR count). The van der Waals surface area contributed by atoms with Gasteiger partial charge in [-0.15, -0.1) is 5.10 Å². The normalized spacial score (nSPS) is 16.1. The SMILES string of the molecule is CC(C)(C)c1ccc(C(=O)Nc2nc3n(n2)[C@@H](c2ccccc2)CC(=O)N3)cc1. The number of amides is 2. The summed E-state index contributed by atoms with van der Waals surface area (Å²) >= 11 is 0. The monoisotopic (exact) mass is 389 g/mol. The number of fused-ring (bicyclic) bond motifs is 1. The van der Waals surface area contributed by atoms with Crippen LogP contribution in [0.5, 0.6) is 0 Å². The van der Waals surface area contributed by atoms with Crippen molar-refractivity contribution in [2.75, 3.05) is 10.6 Å². The Morgan fingerprint density at radius 2 is 1.79 bits per heavy atom. The van der Waals surface area contributed by atoms with Gasteiger partial charge in [0.1, 0.15) is 0 Å². The molecule has 2 amide bonds. The van der Waals surface area contributed by atoms with Crippen LogP contribution in [0.2, 0.25) is 0 Å². The minimum Gasteiger partial charge on any atom is -0.295 e. The Bertz CT molecular complexity index is 1050. The number of hydrogen-bond acceptors (Lipinski definition) is 4. The van der Waals surface area contributed by atoms with Crippen molar-refractivity contribution < 1.29 is 9.59 Å². The number of hydrogen-bond donors (Lipinski definition) is 2. The van der Waals surface area contributed by atoms with Crippen LogP contribution in [0.25, 0.3) is 0 Å². The van der Waals surface area contributed by atoms with Crippen molar-refractivity contribution >= 4 is 23.7 Å². The minimum absolute atomic E-state index is 0.0180. The lowest BCUT2D eigenvalue weighted by Gasteiger charge is -2.23. The summed E-state index contributed by atoms with van der Waals surface area (Å²) < 4.78 is 1.65. The molecule has 2 aromatic carbocycles. The molecule has 0 aliphatic carbocycles. The Balaban J connectivity index is 1.57. The van der Waals surface area contributed by atoms with Gasteiger partial charge in [-0.05, 0) is 28.7 Å². The third-order valence-electron chi connectivity index (χ3n) is 4.98. The Labute approximate surface area is 169 Å². The van der Waals surface area contributed by atoms with Gasteiger partial charge in [-0.2, -0.15) is 4.98 Å². The van der Waals surface area contributed by atoms with E-state index in [0.717, 1.165) is 11.1 Å². The zero-order valence-corrected chi connectivity index (χ0v) is 16.6. The largest absolute Gasteiger partial charge is 0.295 e. The molecule has 1 aliphatic rings. The molecule has 0 bridgehead atoms. The number of benzene rings is 2. The van der Waals surface area contributed by atoms with Gasteiger partial charge in [-0.1, -0.05) is 63.2 Å². The molecule has 2 N–H and O–H groups in total. The first-order chi connectivity index (χ1) is 13.8. The van der Waals surface area contributed by atoms with Gasteiger partial charge in [-0.3, -0.25) is 20.2 Å². The van der Waals surface area contributed by atoms with Crippen molar-refractivity contribution in [1.82, 2.24) is 14.8 Å². The second-order valence-electron chi connectivity index (χ2n) is 8.16. The van der Waals surface area contributed by atoms with Crippen LogP contribution in [0.3, 0.4) is 0 Å². The summed E-state index contributed by atoms with van der Waals surface area (Å²) in [6.07, 6.45) is 0.266. The third-order valence-corrected chi connectivity index (χ3v) is 4.98. The average molecular weight is 389 g/mol. The fourth-order valence-electron chi connectivity index (χ4n) is 3.35. The highest BCUT2D eigenvalue weighted by molar-refractivity contribution is 6.03. The van der Waals surface area contributed by atoms with Gasteiger partial charge in [0.05, 0.1) is 12.5 Å². The Morgan fingerprint density at radius 3 is 2.45 bits per heavy atom. The summed E-state index contributed by atoms with van der Waals surface area (Å²) in [5, 5.41) is 9.87. The Kier molecular flexibility index (Phi) is 4.66. The van der Waals surface area contributed by atoms with E-state index in [-0.39, 0.29) is 35.6 Å². The topological polar surface area (TPSA) is 88.9 Å². The molecule has 1 atom stereocenters. The maximum Gasteiger partial charge on any atom is 0.258 e. The first kappa shape index (κ1) is 18.9. The zero-order valence-electron chi connectivity index (χ0n) is 16.6. The molecule has 0 radical (unpaired) electrons. The zero-order chi connectivity index (χ0) is 20.6. The van der Waals surface area contributed by atoms with E-state index in [4.69, 9.17) is 0 Å². The first-order valence-corrected chi connectivity index (χ1v) is 9.54. The summed E-state index contributed by atoms with van der Waals surface area (Å²) in [7, 11) is 0. The molecular weight excluding hydrogens is 366 g/mol. The average Bonchev–Trinajstić information content (AvgIpc) is 3.09. The molecule has 7 nitrogen and oxygen atoms in total. The molecule has 0 spiro atoms. The van der Waals surface area contributed by atoms with Gasteiger partial charge < -0.3 is 0 Å². The number of carbonyl (C=O) groups is 2. The molecule has 3 aromatic rings. The molecule has 2 heterocycles. The summed E-state index contributed by atoms with van der Waals surface area (Å²) in [6, 6.07) is 16.9. The molecule has 0 saturated carbocycles. The number of nitrogens with one attached hydrogen (secondary N) is 2. The third kappa shape index (κ3) is 3.89. The van der Waals surface area contributed by atoms with Crippen LogP contribution in [0, 0.1) is 0 Å². The fourth-order valence-corrected chi connectivity index (χ4v) is 3.35. The van der Waals surface area contributed by atoms with Crippen LogP contribution in [0.1, 0.15) is 54.7 Å². The summed E-state index contributed by atoms with van der Waals surface area (Å²) in [5.74, 6) is 0.0619. The molecule has 1 aliphatic heterocycles. The van der Waals surface area contributed by atoms with E-state index in [0.29, 0.717) is 11.5 Å². The van der Waals surface area contributed by atoms with Crippen LogP contribution in [-0.2, 0) is 10.2 Å². The first-order valence-electron chi connectivity index (χ1n) is 9.54. The predicted octanol–water partition coefficient (Wildman–Crippen LogP) is 3.76. The lowest BCUT2D eigenvalue weighted by atomic mass is 9.87. The number of anilines is 2. The molecule has 29 heavy (non-hydrogen) atoms. The van der Waals surface area contributed by atoms with E-state index < -0.39 is 0 Å². The summed E-state index contributed by atoms with van der Waals surface area (Å²) in [5.41, 5.74) is 2.65. The van der Waals surface area contributed by atoms with Gasteiger partial charge in [-0.25, -0.2) is 4.68 Å². The van der Waals surface area contributed by atoms with E-state index in [9.17, 15) is 9.59 Å². The number of nitrogens with zero attached hydrogens (tertiary/aromatic N) is 3. The van der Waals surface area contributed by atoms with Gasteiger partial charge in [0.2, 0.25) is 11.9 Å². The Hall–Kier alpha value is -3.48. The lowest BCUT2D eigenvalue weighted by Crippen LogP contribution is -2.29. The van der Waals surface area contributed by atoms with E-state index in [1.165, 1.54) is 0 Å². The van der Waals surface area contributed by atoms with Crippen LogP contribution in [-0.4, -0.2) is 26.6 Å². The second kappa shape index (κ2) is 7.16. The van der Waals surface area contributed by atoms with Crippen LogP contribution < -0.4 is 10.6 Å². The van der Waals surface area contributed by atoms with Crippen LogP contribution >= 0.6 is 0 Å². The lowest BCUT2D eigenvalue weighted by molar-refractivity contribution is -0.117. The molecule has 0 saturated heterocycles. The van der Waals surface area contributed by atoms with Gasteiger partial charge >= 0.3 is 0 Å². The predicted molar refractivity (Wildman–Crippen MR) is 111 cm³/mol. The minimum atomic E-state index is -0.295. The van der Waals surface area contributed by atoms with Crippen molar-refractivity contribution in [2.24, 2.45) is 0 Å². The van der Waals surface area contributed by atoms with E-state index in [1.54, 1.807) is 16.8 Å². The van der Waals surface area contributed by atoms with Gasteiger partial charge in [0, 0.05) is 5.56 Å². The maximum absolute atomic E-state index is 12.6. The van der Waals surface area contributed by atoms with Gasteiger partial charge in [0.25, 0.3) is 11.9 Å². The molecule has 148 valence electrons. The van der Waals surface area contributed by atoms with E-state index >= 15 is 0 Å². The molecule has 1 aromatic heterocycles. The molecule has 7 heteroatoms. The smallest absolute Gasteiger partial charge is 0.258 e. The number of carbonyl (C=O) groups excluding carboxylic acids is 2. The standard InChI is InChI=1S/C22H23N5O2/c1-22(2,3)16-11-9-15(10-12-16)19(29)24-20-25-21-23-18(28)13-17(27(21)26-20)14-7-5-4-6-8-14/h4-12,17H,13H2,1-3H3,(H2,23,24,25,26,28,29)/t17-/m1/s1. The summed E-state index contributed by atoms with van der Waals surface area (Å²) in [6.45, 7) is 6.37. The molecule has 0 fully saturated rings. The maximum atomic E-state index is 12.6. The van der Waals surface area contributed by atoms with Crippen molar-refractivity contribution in [3.8, 4) is 0 Å². The highest BCUT2D eigenvalue weighted by Crippen LogP contribution is 2.29. The van der Waals surface area contributed by atoms with E-state index in [2.05, 4.69) is 41.5 Å². The fraction of sp³-hybridized carbons (Fsp3) is 0.273. The number of aromatic nitrogens is 3. The summed E-state index contributed by atoms with van der Waals surface area (Å²) in [4.78, 5) is 29.0. The van der Waals surface area contributed by atoms with Crippen LogP contribution in [0.15, 0.2) is 54.6 Å². The van der Waals surface area contributed by atoms with Gasteiger partial charge in [0.15, 0.2) is 0 Å². The molecular formula is C22H23N5O2. The van der Waals surface area contributed by atoms with Crippen molar-refractivity contribution in [2.45, 2.75) is 38.6 Å². The van der Waals surface area contributed by atoms with Crippen LogP contribution in [0.4, 0.5) is 11.9 Å². The Morgan fingerprint density at radius 1 is 1.10 bits per heavy atom. The number of rotatable bonds is 3. The van der Waals surface area contributed by atoms with Crippen molar-refractivity contribution in [3.63, 3.8) is 0 Å². The van der Waals surface area contributed by atoms with Crippen molar-refractivity contribution in [3.05, 3.63) is 71.3 Å². The second-order valence-corrected chi connectivity index (χ2v) is 8.16. The highest BCUT2D eigenvalue weighted by atomic mass is 16.2.